The molecule has 0 radical (unpaired) electrons. The lowest BCUT2D eigenvalue weighted by Crippen LogP contribution is -2.48. The molecule has 2 unspecified atom stereocenters. The van der Waals surface area contributed by atoms with Crippen molar-refractivity contribution in [2.45, 2.75) is 45.6 Å². The van der Waals surface area contributed by atoms with Gasteiger partial charge in [-0.25, -0.2) is 0 Å². The van der Waals surface area contributed by atoms with E-state index in [-0.39, 0.29) is 11.9 Å². The predicted octanol–water partition coefficient (Wildman–Crippen LogP) is 2.77. The average Bonchev–Trinajstić information content (AvgIpc) is 2.47. The number of likely N-dealkylation sites (tertiary alicyclic amines) is 1. The summed E-state index contributed by atoms with van der Waals surface area (Å²) in [5, 5.41) is 0. The molecule has 2 N–H and O–H groups in total. The fourth-order valence-electron chi connectivity index (χ4n) is 3.06. The molecule has 4 nitrogen and oxygen atoms in total. The van der Waals surface area contributed by atoms with Gasteiger partial charge in [-0.15, -0.1) is 0 Å². The number of carbonyl (C=O) groups excluding carboxylic acids is 1. The van der Waals surface area contributed by atoms with Gasteiger partial charge in [-0.3, -0.25) is 4.79 Å². The lowest BCUT2D eigenvalue weighted by atomic mass is 9.88. The van der Waals surface area contributed by atoms with E-state index in [1.807, 2.05) is 24.0 Å². The largest absolute Gasteiger partial charge is 0.494 e. The summed E-state index contributed by atoms with van der Waals surface area (Å²) < 4.78 is 5.48. The third-order valence-electron chi connectivity index (χ3n) is 4.08. The van der Waals surface area contributed by atoms with E-state index in [4.69, 9.17) is 10.5 Å². The van der Waals surface area contributed by atoms with Crippen molar-refractivity contribution >= 4 is 5.91 Å². The first-order valence-electron chi connectivity index (χ1n) is 8.25. The molecular formula is C18H28N2O2. The molecule has 122 valence electrons. The minimum Gasteiger partial charge on any atom is -0.494 e. The maximum absolute atomic E-state index is 12.3. The number of hydrogen-bond donors (Lipinski definition) is 1. The Labute approximate surface area is 133 Å². The Kier molecular flexibility index (Phi) is 5.83. The molecule has 4 heteroatoms. The predicted molar refractivity (Wildman–Crippen MR) is 89.0 cm³/mol. The molecule has 22 heavy (non-hydrogen) atoms. The van der Waals surface area contributed by atoms with Crippen molar-refractivity contribution in [2.24, 2.45) is 11.7 Å². The van der Waals surface area contributed by atoms with Crippen LogP contribution in [0.15, 0.2) is 24.3 Å². The van der Waals surface area contributed by atoms with Crippen molar-refractivity contribution in [3.63, 3.8) is 0 Å². The van der Waals surface area contributed by atoms with Gasteiger partial charge in [-0.05, 0) is 37.0 Å². The average molecular weight is 304 g/mol. The fraction of sp³-hybridized carbons (Fsp3) is 0.611. The van der Waals surface area contributed by atoms with Gasteiger partial charge < -0.3 is 15.4 Å². The number of amides is 1. The van der Waals surface area contributed by atoms with Gasteiger partial charge in [0.25, 0.3) is 0 Å². The van der Waals surface area contributed by atoms with Gasteiger partial charge in [0.1, 0.15) is 5.75 Å². The van der Waals surface area contributed by atoms with Gasteiger partial charge in [-0.2, -0.15) is 0 Å². The normalized spacial score (nSPS) is 22.0. The van der Waals surface area contributed by atoms with Gasteiger partial charge in [0, 0.05) is 31.5 Å². The first-order chi connectivity index (χ1) is 10.5. The zero-order chi connectivity index (χ0) is 16.1. The van der Waals surface area contributed by atoms with E-state index in [2.05, 4.69) is 26.0 Å². The molecule has 0 bridgehead atoms. The smallest absolute Gasteiger partial charge is 0.222 e. The number of rotatable bonds is 5. The van der Waals surface area contributed by atoms with Gasteiger partial charge in [0.2, 0.25) is 5.91 Å². The lowest BCUT2D eigenvalue weighted by Gasteiger charge is -2.37. The maximum atomic E-state index is 12.3. The summed E-state index contributed by atoms with van der Waals surface area (Å²) in [6, 6.07) is 8.25. The Bertz CT molecular complexity index is 484. The number of benzene rings is 1. The molecule has 1 saturated heterocycles. The Hall–Kier alpha value is -1.55. The topological polar surface area (TPSA) is 55.6 Å². The number of carbonyl (C=O) groups is 1. The quantitative estimate of drug-likeness (QED) is 0.910. The summed E-state index contributed by atoms with van der Waals surface area (Å²) >= 11 is 0. The van der Waals surface area contributed by atoms with Crippen molar-refractivity contribution in [3.05, 3.63) is 29.8 Å². The molecule has 0 aliphatic carbocycles. The second-order valence-corrected chi connectivity index (χ2v) is 6.59. The van der Waals surface area contributed by atoms with Crippen LogP contribution in [0.1, 0.15) is 45.1 Å². The first-order valence-corrected chi connectivity index (χ1v) is 8.25. The van der Waals surface area contributed by atoms with E-state index in [0.29, 0.717) is 31.4 Å². The second-order valence-electron chi connectivity index (χ2n) is 6.59. The van der Waals surface area contributed by atoms with Gasteiger partial charge >= 0.3 is 0 Å². The summed E-state index contributed by atoms with van der Waals surface area (Å²) in [4.78, 5) is 14.3. The highest BCUT2D eigenvalue weighted by molar-refractivity contribution is 5.76. The molecule has 2 rings (SSSR count). The van der Waals surface area contributed by atoms with E-state index in [1.54, 1.807) is 0 Å². The minimum absolute atomic E-state index is 0.0569. The Balaban J connectivity index is 2.05. The SMILES string of the molecule is CCOc1ccc(C2CC(N)CN(C(=O)CC(C)C)C2)cc1. The van der Waals surface area contributed by atoms with Crippen molar-refractivity contribution < 1.29 is 9.53 Å². The van der Waals surface area contributed by atoms with E-state index < -0.39 is 0 Å². The second kappa shape index (κ2) is 7.63. The third kappa shape index (κ3) is 4.47. The molecule has 1 heterocycles. The minimum atomic E-state index is 0.0569. The molecule has 0 aromatic heterocycles. The standard InChI is InChI=1S/C18H28N2O2/c1-4-22-17-7-5-14(6-8-17)15-10-16(19)12-20(11-15)18(21)9-13(2)3/h5-8,13,15-16H,4,9-12,19H2,1-3H3. The zero-order valence-electron chi connectivity index (χ0n) is 13.9. The molecule has 1 amide bonds. The first kappa shape index (κ1) is 16.8. The summed E-state index contributed by atoms with van der Waals surface area (Å²) in [7, 11) is 0. The summed E-state index contributed by atoms with van der Waals surface area (Å²) in [5.74, 6) is 1.81. The molecule has 0 saturated carbocycles. The van der Waals surface area contributed by atoms with E-state index in [1.165, 1.54) is 5.56 Å². The molecular weight excluding hydrogens is 276 g/mol. The van der Waals surface area contributed by atoms with Crippen LogP contribution in [0.4, 0.5) is 0 Å². The molecule has 1 fully saturated rings. The Morgan fingerprint density at radius 3 is 2.59 bits per heavy atom. The molecule has 2 atom stereocenters. The van der Waals surface area contributed by atoms with Gasteiger partial charge in [0.15, 0.2) is 0 Å². The van der Waals surface area contributed by atoms with Crippen LogP contribution >= 0.6 is 0 Å². The number of hydrogen-bond acceptors (Lipinski definition) is 3. The highest BCUT2D eigenvalue weighted by Crippen LogP contribution is 2.28. The van der Waals surface area contributed by atoms with Crippen LogP contribution in [0, 0.1) is 5.92 Å². The zero-order valence-corrected chi connectivity index (χ0v) is 13.9. The Morgan fingerprint density at radius 1 is 1.32 bits per heavy atom. The molecule has 1 aromatic carbocycles. The highest BCUT2D eigenvalue weighted by Gasteiger charge is 2.29. The highest BCUT2D eigenvalue weighted by atomic mass is 16.5. The molecule has 1 aromatic rings. The van der Waals surface area contributed by atoms with Crippen molar-refractivity contribution in [1.82, 2.24) is 4.90 Å². The summed E-state index contributed by atoms with van der Waals surface area (Å²) in [6.07, 6.45) is 1.53. The van der Waals surface area contributed by atoms with Crippen molar-refractivity contribution in [2.75, 3.05) is 19.7 Å². The number of piperidine rings is 1. The van der Waals surface area contributed by atoms with E-state index in [0.717, 1.165) is 18.7 Å². The van der Waals surface area contributed by atoms with Crippen LogP contribution in [-0.4, -0.2) is 36.5 Å². The molecule has 0 spiro atoms. The van der Waals surface area contributed by atoms with Gasteiger partial charge in [0.05, 0.1) is 6.61 Å². The van der Waals surface area contributed by atoms with E-state index >= 15 is 0 Å². The maximum Gasteiger partial charge on any atom is 0.222 e. The van der Waals surface area contributed by atoms with Gasteiger partial charge in [-0.1, -0.05) is 26.0 Å². The van der Waals surface area contributed by atoms with Crippen LogP contribution in [-0.2, 0) is 4.79 Å². The van der Waals surface area contributed by atoms with Crippen molar-refractivity contribution in [3.8, 4) is 5.75 Å². The molecule has 1 aliphatic rings. The van der Waals surface area contributed by atoms with E-state index in [9.17, 15) is 4.79 Å². The lowest BCUT2D eigenvalue weighted by molar-refractivity contribution is -0.133. The third-order valence-corrected chi connectivity index (χ3v) is 4.08. The molecule has 1 aliphatic heterocycles. The van der Waals surface area contributed by atoms with Crippen LogP contribution in [0.25, 0.3) is 0 Å². The number of ether oxygens (including phenoxy) is 1. The van der Waals surface area contributed by atoms with Crippen molar-refractivity contribution in [1.29, 1.82) is 0 Å². The fourth-order valence-corrected chi connectivity index (χ4v) is 3.06. The van der Waals surface area contributed by atoms with Crippen LogP contribution in [0.5, 0.6) is 5.75 Å². The van der Waals surface area contributed by atoms with Crippen LogP contribution in [0.2, 0.25) is 0 Å². The summed E-state index contributed by atoms with van der Waals surface area (Å²) in [5.41, 5.74) is 7.42. The summed E-state index contributed by atoms with van der Waals surface area (Å²) in [6.45, 7) is 8.25. The number of nitrogens with two attached hydrogens (primary N) is 1. The Morgan fingerprint density at radius 2 is 2.00 bits per heavy atom. The number of nitrogens with zero attached hydrogens (tertiary/aromatic N) is 1. The van der Waals surface area contributed by atoms with Crippen LogP contribution in [0.3, 0.4) is 0 Å². The van der Waals surface area contributed by atoms with Crippen LogP contribution < -0.4 is 10.5 Å². The monoisotopic (exact) mass is 304 g/mol.